The van der Waals surface area contributed by atoms with E-state index in [0.717, 1.165) is 12.1 Å². The molecular formula is C20H19F3N2O5S. The summed E-state index contributed by atoms with van der Waals surface area (Å²) in [5.41, 5.74) is 0.947. The fourth-order valence-electron chi connectivity index (χ4n) is 2.68. The van der Waals surface area contributed by atoms with Gasteiger partial charge in [0, 0.05) is 13.2 Å². The lowest BCUT2D eigenvalue weighted by Crippen LogP contribution is -2.19. The molecule has 0 saturated carbocycles. The number of pyridine rings is 1. The van der Waals surface area contributed by atoms with E-state index in [1.54, 1.807) is 18.2 Å². The number of alkyl halides is 3. The summed E-state index contributed by atoms with van der Waals surface area (Å²) in [7, 11) is -1.17. The molecule has 0 bridgehead atoms. The van der Waals surface area contributed by atoms with Crippen molar-refractivity contribution in [1.82, 2.24) is 9.71 Å². The Morgan fingerprint density at radius 2 is 1.71 bits per heavy atom. The Morgan fingerprint density at radius 3 is 2.32 bits per heavy atom. The van der Waals surface area contributed by atoms with Gasteiger partial charge in [0.2, 0.25) is 15.9 Å². The molecule has 1 N–H and O–H groups in total. The van der Waals surface area contributed by atoms with E-state index in [-0.39, 0.29) is 23.7 Å². The average Bonchev–Trinajstić information content (AvgIpc) is 2.74. The van der Waals surface area contributed by atoms with Crippen LogP contribution in [0.4, 0.5) is 13.2 Å². The van der Waals surface area contributed by atoms with Crippen molar-refractivity contribution in [2.24, 2.45) is 0 Å². The predicted molar refractivity (Wildman–Crippen MR) is 108 cm³/mol. The molecule has 166 valence electrons. The smallest absolute Gasteiger partial charge is 0.495 e. The lowest BCUT2D eigenvalue weighted by Gasteiger charge is -2.14. The average molecular weight is 456 g/mol. The maximum atomic E-state index is 12.3. The first kappa shape index (κ1) is 22.4. The summed E-state index contributed by atoms with van der Waals surface area (Å²) in [6.07, 6.45) is -3.33. The number of methoxy groups -OCH3 is 1. The number of nitrogens with zero attached hydrogens (tertiary/aromatic N) is 1. The molecule has 7 nitrogen and oxygen atoms in total. The summed E-state index contributed by atoms with van der Waals surface area (Å²) in [6, 6.07) is 12.7. The lowest BCUT2D eigenvalue weighted by molar-refractivity contribution is -0.274. The predicted octanol–water partition coefficient (Wildman–Crippen LogP) is 4.60. The number of sulfonamides is 1. The van der Waals surface area contributed by atoms with Crippen LogP contribution in [0.2, 0.25) is 0 Å². The highest BCUT2D eigenvalue weighted by Gasteiger charge is 2.31. The van der Waals surface area contributed by atoms with Crippen molar-refractivity contribution < 1.29 is 37.2 Å². The summed E-state index contributed by atoms with van der Waals surface area (Å²) in [6.45, 7) is 0. The Labute approximate surface area is 177 Å². The van der Waals surface area contributed by atoms with Gasteiger partial charge in [-0.3, -0.25) is 0 Å². The van der Waals surface area contributed by atoms with Crippen LogP contribution in [0.25, 0.3) is 11.1 Å². The van der Waals surface area contributed by atoms with Gasteiger partial charge in [-0.2, -0.15) is 0 Å². The molecular weight excluding hydrogens is 437 g/mol. The van der Waals surface area contributed by atoms with Crippen molar-refractivity contribution in [3.63, 3.8) is 0 Å². The van der Waals surface area contributed by atoms with Crippen molar-refractivity contribution in [2.45, 2.75) is 11.3 Å². The maximum Gasteiger partial charge on any atom is 0.573 e. The molecule has 3 rings (SSSR count). The summed E-state index contributed by atoms with van der Waals surface area (Å²) in [4.78, 5) is 4.09. The molecule has 1 heterocycles. The van der Waals surface area contributed by atoms with Crippen LogP contribution in [0.5, 0.6) is 23.1 Å². The zero-order chi connectivity index (χ0) is 22.6. The zero-order valence-electron chi connectivity index (χ0n) is 16.3. The Morgan fingerprint density at radius 1 is 1.03 bits per heavy atom. The Bertz CT molecular complexity index is 1170. The molecule has 11 heteroatoms. The highest BCUT2D eigenvalue weighted by molar-refractivity contribution is 7.89. The van der Waals surface area contributed by atoms with Crippen molar-refractivity contribution in [3.05, 3.63) is 60.8 Å². The molecule has 3 aromatic rings. The lowest BCUT2D eigenvalue weighted by atomic mass is 10.1. The summed E-state index contributed by atoms with van der Waals surface area (Å²) in [5.74, 6) is 0.110. The van der Waals surface area contributed by atoms with Crippen LogP contribution in [0, 0.1) is 0 Å². The van der Waals surface area contributed by atoms with Crippen molar-refractivity contribution in [3.8, 4) is 34.3 Å². The van der Waals surface area contributed by atoms with Crippen LogP contribution in [-0.2, 0) is 10.0 Å². The number of hydrogen-bond donors (Lipinski definition) is 1. The van der Waals surface area contributed by atoms with Gasteiger partial charge in [-0.05, 0) is 61.1 Å². The first-order valence-electron chi connectivity index (χ1n) is 8.73. The third kappa shape index (κ3) is 5.44. The second kappa shape index (κ2) is 8.82. The number of ether oxygens (including phenoxy) is 3. The Hall–Kier alpha value is -3.31. The van der Waals surface area contributed by atoms with E-state index in [4.69, 9.17) is 9.47 Å². The molecule has 0 aliphatic rings. The van der Waals surface area contributed by atoms with Gasteiger partial charge in [0.1, 0.15) is 22.1 Å². The molecule has 1 aromatic heterocycles. The molecule has 0 amide bonds. The van der Waals surface area contributed by atoms with Gasteiger partial charge in [0.15, 0.2) is 0 Å². The third-order valence-corrected chi connectivity index (χ3v) is 5.51. The Kier molecular flexibility index (Phi) is 6.37. The van der Waals surface area contributed by atoms with E-state index in [0.29, 0.717) is 11.1 Å². The van der Waals surface area contributed by atoms with Gasteiger partial charge in [0.05, 0.1) is 7.11 Å². The van der Waals surface area contributed by atoms with Gasteiger partial charge in [-0.25, -0.2) is 18.1 Å². The van der Waals surface area contributed by atoms with Gasteiger partial charge in [0.25, 0.3) is 0 Å². The molecule has 2 aromatic carbocycles. The molecule has 0 aliphatic heterocycles. The molecule has 0 saturated heterocycles. The van der Waals surface area contributed by atoms with E-state index >= 15 is 0 Å². The fraction of sp³-hybridized carbons (Fsp3) is 0.150. The number of rotatable bonds is 7. The Balaban J connectivity index is 0.00000363. The van der Waals surface area contributed by atoms with Crippen LogP contribution in [0.1, 0.15) is 1.43 Å². The number of benzene rings is 2. The quantitative estimate of drug-likeness (QED) is 0.559. The summed E-state index contributed by atoms with van der Waals surface area (Å²) >= 11 is 0. The topological polar surface area (TPSA) is 86.8 Å². The highest BCUT2D eigenvalue weighted by atomic mass is 32.2. The summed E-state index contributed by atoms with van der Waals surface area (Å²) < 4.78 is 78.5. The molecule has 0 atom stereocenters. The number of halogens is 3. The minimum atomic E-state index is -4.80. The van der Waals surface area contributed by atoms with Gasteiger partial charge in [-0.1, -0.05) is 6.07 Å². The monoisotopic (exact) mass is 456 g/mol. The minimum Gasteiger partial charge on any atom is -0.495 e. The normalized spacial score (nSPS) is 11.8. The number of hydrogen-bond acceptors (Lipinski definition) is 6. The van der Waals surface area contributed by atoms with Crippen LogP contribution >= 0.6 is 0 Å². The van der Waals surface area contributed by atoms with Gasteiger partial charge in [-0.15, -0.1) is 13.2 Å². The highest BCUT2D eigenvalue weighted by Crippen LogP contribution is 2.35. The zero-order valence-corrected chi connectivity index (χ0v) is 17.1. The van der Waals surface area contributed by atoms with Crippen molar-refractivity contribution in [1.29, 1.82) is 0 Å². The van der Waals surface area contributed by atoms with Gasteiger partial charge >= 0.3 is 6.36 Å². The van der Waals surface area contributed by atoms with Crippen LogP contribution in [-0.4, -0.2) is 33.9 Å². The minimum absolute atomic E-state index is 0. The molecule has 31 heavy (non-hydrogen) atoms. The molecule has 0 spiro atoms. The van der Waals surface area contributed by atoms with E-state index < -0.39 is 22.1 Å². The van der Waals surface area contributed by atoms with E-state index in [2.05, 4.69) is 14.4 Å². The molecule has 0 fully saturated rings. The van der Waals surface area contributed by atoms with Gasteiger partial charge < -0.3 is 14.2 Å². The largest absolute Gasteiger partial charge is 0.573 e. The molecule has 0 radical (unpaired) electrons. The maximum absolute atomic E-state index is 12.3. The van der Waals surface area contributed by atoms with E-state index in [9.17, 15) is 21.6 Å². The van der Waals surface area contributed by atoms with Crippen LogP contribution in [0.15, 0.2) is 65.7 Å². The first-order valence-corrected chi connectivity index (χ1v) is 10.2. The fourth-order valence-corrected chi connectivity index (χ4v) is 3.60. The molecule has 0 unspecified atom stereocenters. The van der Waals surface area contributed by atoms with Crippen molar-refractivity contribution >= 4 is 10.0 Å². The van der Waals surface area contributed by atoms with E-state index in [1.165, 1.54) is 44.6 Å². The molecule has 0 aliphatic carbocycles. The van der Waals surface area contributed by atoms with E-state index in [1.807, 2.05) is 0 Å². The first-order chi connectivity index (χ1) is 14.6. The SMILES string of the molecule is CNS(=O)(=O)c1cc(-c2cccnc2Oc2ccc(OC(F)(F)F)cc2)ccc1OC.[HH]. The van der Waals surface area contributed by atoms with Crippen molar-refractivity contribution in [2.75, 3.05) is 14.2 Å². The second-order valence-electron chi connectivity index (χ2n) is 6.05. The third-order valence-electron chi connectivity index (χ3n) is 4.08. The summed E-state index contributed by atoms with van der Waals surface area (Å²) in [5, 5.41) is 0. The number of aromatic nitrogens is 1. The van der Waals surface area contributed by atoms with Crippen LogP contribution in [0.3, 0.4) is 0 Å². The number of nitrogens with one attached hydrogen (secondary N) is 1. The standard InChI is InChI=1S/C20H17F3N2O5S.H2/c1-24-31(26,27)18-12-13(5-10-17(18)28-2)16-4-3-11-25-19(16)29-14-6-8-15(9-7-14)30-20(21,22)23;/h3-12,24H,1-2H3;1H. The van der Waals surface area contributed by atoms with Crippen LogP contribution < -0.4 is 18.9 Å². The second-order valence-corrected chi connectivity index (χ2v) is 7.91.